The van der Waals surface area contributed by atoms with Crippen LogP contribution in [0.3, 0.4) is 0 Å². The van der Waals surface area contributed by atoms with Crippen LogP contribution >= 0.6 is 15.9 Å². The predicted octanol–water partition coefficient (Wildman–Crippen LogP) is 4.11. The van der Waals surface area contributed by atoms with Gasteiger partial charge >= 0.3 is 0 Å². The Balaban J connectivity index is 2.40. The van der Waals surface area contributed by atoms with Crippen LogP contribution in [0.25, 0.3) is 0 Å². The molecule has 0 aliphatic rings. The number of hydrogen-bond donors (Lipinski definition) is 1. The maximum Gasteiger partial charge on any atom is 0.167 e. The van der Waals surface area contributed by atoms with Gasteiger partial charge in [-0.3, -0.25) is 0 Å². The molecule has 0 aliphatic heterocycles. The number of hydrogen-bond acceptors (Lipinski definition) is 3. The van der Waals surface area contributed by atoms with Crippen LogP contribution < -0.4 is 15.2 Å². The normalized spacial score (nSPS) is 10.3. The molecule has 0 amide bonds. The second kappa shape index (κ2) is 5.44. The average molecular weight is 330 g/mol. The Morgan fingerprint density at radius 3 is 2.47 bits per heavy atom. The molecule has 3 nitrogen and oxygen atoms in total. The minimum Gasteiger partial charge on any atom is -0.494 e. The molecule has 0 aromatic heterocycles. The van der Waals surface area contributed by atoms with E-state index >= 15 is 0 Å². The largest absolute Gasteiger partial charge is 0.494 e. The van der Waals surface area contributed by atoms with Crippen LogP contribution in [0.15, 0.2) is 34.8 Å². The Labute approximate surface area is 117 Å². The number of ether oxygens (including phenoxy) is 2. The van der Waals surface area contributed by atoms with Gasteiger partial charge in [0.05, 0.1) is 17.3 Å². The zero-order chi connectivity index (χ0) is 14.0. The van der Waals surface area contributed by atoms with Gasteiger partial charge in [0.1, 0.15) is 11.6 Å². The van der Waals surface area contributed by atoms with Gasteiger partial charge in [0.15, 0.2) is 17.3 Å². The highest BCUT2D eigenvalue weighted by molar-refractivity contribution is 9.10. The van der Waals surface area contributed by atoms with Crippen molar-refractivity contribution in [3.8, 4) is 17.2 Å². The highest BCUT2D eigenvalue weighted by Gasteiger charge is 2.12. The summed E-state index contributed by atoms with van der Waals surface area (Å²) >= 11 is 3.22. The molecule has 0 bridgehead atoms. The van der Waals surface area contributed by atoms with Crippen molar-refractivity contribution in [2.45, 2.75) is 0 Å². The van der Waals surface area contributed by atoms with Gasteiger partial charge in [0, 0.05) is 18.2 Å². The molecule has 0 unspecified atom stereocenters. The summed E-state index contributed by atoms with van der Waals surface area (Å²) in [5.41, 5.74) is 5.74. The quantitative estimate of drug-likeness (QED) is 0.862. The minimum atomic E-state index is -0.592. The van der Waals surface area contributed by atoms with Gasteiger partial charge in [-0.1, -0.05) is 0 Å². The first-order chi connectivity index (χ1) is 9.01. The van der Waals surface area contributed by atoms with Crippen LogP contribution in [-0.4, -0.2) is 7.11 Å². The average Bonchev–Trinajstić information content (AvgIpc) is 2.37. The van der Waals surface area contributed by atoms with Crippen molar-refractivity contribution in [1.82, 2.24) is 0 Å². The van der Waals surface area contributed by atoms with E-state index in [1.54, 1.807) is 0 Å². The Kier molecular flexibility index (Phi) is 3.90. The molecule has 2 N–H and O–H groups in total. The molecule has 0 spiro atoms. The smallest absolute Gasteiger partial charge is 0.167 e. The van der Waals surface area contributed by atoms with Gasteiger partial charge in [-0.25, -0.2) is 8.78 Å². The fourth-order valence-corrected chi connectivity index (χ4v) is 1.80. The number of anilines is 1. The summed E-state index contributed by atoms with van der Waals surface area (Å²) in [6.45, 7) is 0. The van der Waals surface area contributed by atoms with Gasteiger partial charge in [-0.05, 0) is 28.1 Å². The highest BCUT2D eigenvalue weighted by atomic mass is 79.9. The lowest BCUT2D eigenvalue weighted by atomic mass is 10.2. The van der Waals surface area contributed by atoms with Crippen LogP contribution in [0.2, 0.25) is 0 Å². The van der Waals surface area contributed by atoms with Crippen LogP contribution in [0.4, 0.5) is 14.5 Å². The van der Waals surface area contributed by atoms with Crippen LogP contribution in [0.1, 0.15) is 0 Å². The fraction of sp³-hybridized carbons (Fsp3) is 0.0769. The third kappa shape index (κ3) is 2.96. The Morgan fingerprint density at radius 1 is 1.05 bits per heavy atom. The Hall–Kier alpha value is -1.82. The molecule has 2 aromatic rings. The highest BCUT2D eigenvalue weighted by Crippen LogP contribution is 2.36. The number of nitrogens with two attached hydrogens (primary N) is 1. The summed E-state index contributed by atoms with van der Waals surface area (Å²) in [6, 6.07) is 6.37. The van der Waals surface area contributed by atoms with Gasteiger partial charge in [-0.15, -0.1) is 0 Å². The minimum absolute atomic E-state index is 0.00303. The van der Waals surface area contributed by atoms with Gasteiger partial charge in [-0.2, -0.15) is 0 Å². The molecule has 0 saturated carbocycles. The summed E-state index contributed by atoms with van der Waals surface area (Å²) in [7, 11) is 1.33. The second-order valence-corrected chi connectivity index (χ2v) is 4.56. The van der Waals surface area contributed by atoms with E-state index in [0.29, 0.717) is 4.47 Å². The number of methoxy groups -OCH3 is 1. The van der Waals surface area contributed by atoms with Gasteiger partial charge < -0.3 is 15.2 Å². The molecule has 0 atom stereocenters. The number of benzene rings is 2. The molecule has 0 radical (unpaired) electrons. The lowest BCUT2D eigenvalue weighted by Gasteiger charge is -2.12. The molecule has 0 aliphatic carbocycles. The van der Waals surface area contributed by atoms with Crippen LogP contribution in [0.5, 0.6) is 17.2 Å². The molecule has 0 heterocycles. The standard InChI is InChI=1S/C13H10BrF2NO2/c1-18-12-6-13(10(17)5-9(12)16)19-11-4-7(15)2-3-8(11)14/h2-6H,17H2,1H3. The van der Waals surface area contributed by atoms with Crippen molar-refractivity contribution < 1.29 is 18.3 Å². The molecule has 2 aromatic carbocycles. The third-order valence-electron chi connectivity index (χ3n) is 2.40. The lowest BCUT2D eigenvalue weighted by Crippen LogP contribution is -1.97. The number of halogens is 3. The second-order valence-electron chi connectivity index (χ2n) is 3.70. The van der Waals surface area contributed by atoms with Crippen molar-refractivity contribution >= 4 is 21.6 Å². The fourth-order valence-electron chi connectivity index (χ4n) is 1.47. The molecular formula is C13H10BrF2NO2. The van der Waals surface area contributed by atoms with E-state index in [0.717, 1.165) is 6.07 Å². The van der Waals surface area contributed by atoms with E-state index in [1.165, 1.54) is 31.4 Å². The lowest BCUT2D eigenvalue weighted by molar-refractivity contribution is 0.381. The maximum atomic E-state index is 13.4. The van der Waals surface area contributed by atoms with E-state index in [9.17, 15) is 8.78 Å². The zero-order valence-electron chi connectivity index (χ0n) is 9.91. The molecule has 6 heteroatoms. The van der Waals surface area contributed by atoms with Crippen molar-refractivity contribution in [3.63, 3.8) is 0 Å². The van der Waals surface area contributed by atoms with Crippen LogP contribution in [0, 0.1) is 11.6 Å². The number of nitrogen functional groups attached to an aromatic ring is 1. The van der Waals surface area contributed by atoms with E-state index < -0.39 is 11.6 Å². The number of rotatable bonds is 3. The maximum absolute atomic E-state index is 13.4. The zero-order valence-corrected chi connectivity index (χ0v) is 11.5. The third-order valence-corrected chi connectivity index (χ3v) is 3.05. The van der Waals surface area contributed by atoms with Crippen molar-refractivity contribution in [3.05, 3.63) is 46.4 Å². The van der Waals surface area contributed by atoms with E-state index in [-0.39, 0.29) is 22.9 Å². The van der Waals surface area contributed by atoms with Gasteiger partial charge in [0.25, 0.3) is 0 Å². The van der Waals surface area contributed by atoms with E-state index in [4.69, 9.17) is 15.2 Å². The van der Waals surface area contributed by atoms with E-state index in [2.05, 4.69) is 15.9 Å². The first-order valence-corrected chi connectivity index (χ1v) is 6.06. The predicted molar refractivity (Wildman–Crippen MR) is 71.5 cm³/mol. The Morgan fingerprint density at radius 2 is 1.79 bits per heavy atom. The molecule has 0 saturated heterocycles. The molecular weight excluding hydrogens is 320 g/mol. The van der Waals surface area contributed by atoms with E-state index in [1.807, 2.05) is 0 Å². The summed E-state index contributed by atoms with van der Waals surface area (Å²) in [5.74, 6) is -0.627. The SMILES string of the molecule is COc1cc(Oc2cc(F)ccc2Br)c(N)cc1F. The monoisotopic (exact) mass is 329 g/mol. The Bertz CT molecular complexity index is 620. The first-order valence-electron chi connectivity index (χ1n) is 5.27. The summed E-state index contributed by atoms with van der Waals surface area (Å²) < 4.78 is 37.4. The summed E-state index contributed by atoms with van der Waals surface area (Å²) in [4.78, 5) is 0. The van der Waals surface area contributed by atoms with Crippen LogP contribution in [-0.2, 0) is 0 Å². The summed E-state index contributed by atoms with van der Waals surface area (Å²) in [5, 5.41) is 0. The first kappa shape index (κ1) is 13.6. The molecule has 0 fully saturated rings. The van der Waals surface area contributed by atoms with Gasteiger partial charge in [0.2, 0.25) is 0 Å². The van der Waals surface area contributed by atoms with Crippen molar-refractivity contribution in [1.29, 1.82) is 0 Å². The molecule has 100 valence electrons. The van der Waals surface area contributed by atoms with Crippen molar-refractivity contribution in [2.24, 2.45) is 0 Å². The topological polar surface area (TPSA) is 44.5 Å². The molecule has 19 heavy (non-hydrogen) atoms. The molecule has 2 rings (SSSR count). The van der Waals surface area contributed by atoms with Crippen molar-refractivity contribution in [2.75, 3.05) is 12.8 Å². The summed E-state index contributed by atoms with van der Waals surface area (Å²) in [6.07, 6.45) is 0.